The fourth-order valence-corrected chi connectivity index (χ4v) is 2.35. The third-order valence-corrected chi connectivity index (χ3v) is 4.07. The summed E-state index contributed by atoms with van der Waals surface area (Å²) in [5.74, 6) is 0. The highest BCUT2D eigenvalue weighted by molar-refractivity contribution is 6.31. The predicted octanol–water partition coefficient (Wildman–Crippen LogP) is 2.70. The van der Waals surface area contributed by atoms with Crippen LogP contribution in [0.15, 0.2) is 23.3 Å². The van der Waals surface area contributed by atoms with E-state index in [-0.39, 0.29) is 11.1 Å². The lowest BCUT2D eigenvalue weighted by atomic mass is 10.0. The van der Waals surface area contributed by atoms with Crippen molar-refractivity contribution in [1.82, 2.24) is 14.5 Å². The summed E-state index contributed by atoms with van der Waals surface area (Å²) in [6, 6.07) is 3.52. The number of likely N-dealkylation sites (N-methyl/N-ethyl adjacent to an activating group) is 1. The fraction of sp³-hybridized carbons (Fsp3) is 0.467. The second-order valence-electron chi connectivity index (χ2n) is 6.00. The number of hydrogen-bond acceptors (Lipinski definition) is 3. The second-order valence-corrected chi connectivity index (χ2v) is 6.44. The third-order valence-electron chi connectivity index (χ3n) is 3.85. The largest absolute Gasteiger partial charge is 0.302 e. The summed E-state index contributed by atoms with van der Waals surface area (Å²) in [7, 11) is 4.00. The lowest BCUT2D eigenvalue weighted by Gasteiger charge is -2.32. The number of aromatic nitrogens is 2. The van der Waals surface area contributed by atoms with Crippen molar-refractivity contribution in [1.29, 1.82) is 0 Å². The average Bonchev–Trinajstić information content (AvgIpc) is 2.33. The maximum atomic E-state index is 12.6. The van der Waals surface area contributed by atoms with Crippen LogP contribution in [0.4, 0.5) is 0 Å². The summed E-state index contributed by atoms with van der Waals surface area (Å²) in [5, 5.41) is 1.14. The van der Waals surface area contributed by atoms with Crippen molar-refractivity contribution >= 4 is 22.5 Å². The highest BCUT2D eigenvalue weighted by Crippen LogP contribution is 2.19. The Morgan fingerprint density at radius 3 is 2.60 bits per heavy atom. The summed E-state index contributed by atoms with van der Waals surface area (Å²) in [6.07, 6.45) is 1.62. The van der Waals surface area contributed by atoms with Crippen molar-refractivity contribution < 1.29 is 0 Å². The molecule has 0 bridgehead atoms. The van der Waals surface area contributed by atoms with E-state index in [0.29, 0.717) is 17.0 Å². The van der Waals surface area contributed by atoms with Gasteiger partial charge in [0.2, 0.25) is 0 Å². The zero-order valence-electron chi connectivity index (χ0n) is 12.6. The van der Waals surface area contributed by atoms with Crippen molar-refractivity contribution in [3.63, 3.8) is 0 Å². The monoisotopic (exact) mass is 293 g/mol. The number of nitrogens with zero attached hydrogens (tertiary/aromatic N) is 3. The van der Waals surface area contributed by atoms with Crippen molar-refractivity contribution in [2.24, 2.45) is 0 Å². The highest BCUT2D eigenvalue weighted by Gasteiger charge is 2.22. The molecule has 4 nitrogen and oxygen atoms in total. The molecule has 0 amide bonds. The SMILES string of the molecule is Cc1cc(Cl)cc2c(=O)n(CC(C)(C)N(C)C)cnc12. The molecule has 0 saturated heterocycles. The van der Waals surface area contributed by atoms with Crippen molar-refractivity contribution in [3.8, 4) is 0 Å². The van der Waals surface area contributed by atoms with Gasteiger partial charge in [0.1, 0.15) is 0 Å². The minimum absolute atomic E-state index is 0.0458. The fourth-order valence-electron chi connectivity index (χ4n) is 2.08. The molecule has 1 heterocycles. The zero-order chi connectivity index (χ0) is 15.1. The van der Waals surface area contributed by atoms with Crippen molar-refractivity contribution in [2.75, 3.05) is 14.1 Å². The molecular formula is C15H20ClN3O. The van der Waals surface area contributed by atoms with E-state index in [4.69, 9.17) is 11.6 Å². The Balaban J connectivity index is 2.58. The number of halogens is 1. The first-order valence-electron chi connectivity index (χ1n) is 6.55. The van der Waals surface area contributed by atoms with E-state index in [2.05, 4.69) is 23.7 Å². The summed E-state index contributed by atoms with van der Waals surface area (Å²) < 4.78 is 1.65. The first-order valence-corrected chi connectivity index (χ1v) is 6.93. The maximum absolute atomic E-state index is 12.6. The zero-order valence-corrected chi connectivity index (χ0v) is 13.3. The summed E-state index contributed by atoms with van der Waals surface area (Å²) in [5.41, 5.74) is 1.46. The van der Waals surface area contributed by atoms with Gasteiger partial charge in [-0.1, -0.05) is 11.6 Å². The van der Waals surface area contributed by atoms with Crippen LogP contribution in [0, 0.1) is 6.92 Å². The van der Waals surface area contributed by atoms with Gasteiger partial charge in [0.25, 0.3) is 5.56 Å². The summed E-state index contributed by atoms with van der Waals surface area (Å²) in [4.78, 5) is 19.1. The average molecular weight is 294 g/mol. The third kappa shape index (κ3) is 2.72. The van der Waals surface area contributed by atoms with E-state index < -0.39 is 0 Å². The van der Waals surface area contributed by atoms with E-state index in [1.54, 1.807) is 17.0 Å². The minimum Gasteiger partial charge on any atom is -0.302 e. The first-order chi connectivity index (χ1) is 9.22. The van der Waals surface area contributed by atoms with Crippen LogP contribution in [0.3, 0.4) is 0 Å². The molecule has 0 fully saturated rings. The van der Waals surface area contributed by atoms with Gasteiger partial charge in [-0.2, -0.15) is 0 Å². The minimum atomic E-state index is -0.132. The van der Waals surface area contributed by atoms with Gasteiger partial charge in [-0.05, 0) is 52.6 Å². The van der Waals surface area contributed by atoms with Crippen LogP contribution in [0.1, 0.15) is 19.4 Å². The Kier molecular flexibility index (Phi) is 3.89. The first kappa shape index (κ1) is 15.0. The van der Waals surface area contributed by atoms with Crippen molar-refractivity contribution in [3.05, 3.63) is 39.4 Å². The van der Waals surface area contributed by atoms with Crippen LogP contribution < -0.4 is 5.56 Å². The predicted molar refractivity (Wildman–Crippen MR) is 83.5 cm³/mol. The number of hydrogen-bond donors (Lipinski definition) is 0. The molecule has 0 radical (unpaired) electrons. The van der Waals surface area contributed by atoms with Crippen LogP contribution in [0.2, 0.25) is 5.02 Å². The molecule has 2 rings (SSSR count). The standard InChI is InChI=1S/C15H20ClN3O/c1-10-6-11(16)7-12-13(10)17-9-19(14(12)20)8-15(2,3)18(4)5/h6-7,9H,8H2,1-5H3. The summed E-state index contributed by atoms with van der Waals surface area (Å²) >= 11 is 6.05. The molecule has 0 saturated carbocycles. The second kappa shape index (κ2) is 5.19. The molecule has 0 aliphatic carbocycles. The Morgan fingerprint density at radius 2 is 2.00 bits per heavy atom. The quantitative estimate of drug-likeness (QED) is 0.873. The highest BCUT2D eigenvalue weighted by atomic mass is 35.5. The van der Waals surface area contributed by atoms with Crippen molar-refractivity contribution in [2.45, 2.75) is 32.9 Å². The van der Waals surface area contributed by atoms with Crippen LogP contribution in [0.5, 0.6) is 0 Å². The number of rotatable bonds is 3. The van der Waals surface area contributed by atoms with E-state index in [1.165, 1.54) is 0 Å². The molecule has 2 aromatic rings. The Morgan fingerprint density at radius 1 is 1.35 bits per heavy atom. The Hall–Kier alpha value is -1.39. The van der Waals surface area contributed by atoms with Gasteiger partial charge in [0.15, 0.2) is 0 Å². The van der Waals surface area contributed by atoms with E-state index in [1.807, 2.05) is 27.1 Å². The molecule has 20 heavy (non-hydrogen) atoms. The van der Waals surface area contributed by atoms with Crippen LogP contribution in [-0.2, 0) is 6.54 Å². The lowest BCUT2D eigenvalue weighted by Crippen LogP contribution is -2.44. The molecule has 0 N–H and O–H groups in total. The molecule has 108 valence electrons. The Labute approximate surface area is 124 Å². The maximum Gasteiger partial charge on any atom is 0.261 e. The number of benzene rings is 1. The van der Waals surface area contributed by atoms with Gasteiger partial charge < -0.3 is 4.90 Å². The molecule has 1 aromatic heterocycles. The van der Waals surface area contributed by atoms with Gasteiger partial charge in [0.05, 0.1) is 17.2 Å². The van der Waals surface area contributed by atoms with Gasteiger partial charge in [-0.15, -0.1) is 0 Å². The summed E-state index contributed by atoms with van der Waals surface area (Å²) in [6.45, 7) is 6.67. The number of fused-ring (bicyclic) bond motifs is 1. The van der Waals surface area contributed by atoms with Gasteiger partial charge in [-0.25, -0.2) is 4.98 Å². The van der Waals surface area contributed by atoms with Crippen LogP contribution >= 0.6 is 11.6 Å². The molecule has 0 atom stereocenters. The number of aryl methyl sites for hydroxylation is 1. The van der Waals surface area contributed by atoms with E-state index >= 15 is 0 Å². The topological polar surface area (TPSA) is 38.1 Å². The van der Waals surface area contributed by atoms with Crippen LogP contribution in [0.25, 0.3) is 10.9 Å². The van der Waals surface area contributed by atoms with E-state index in [0.717, 1.165) is 11.1 Å². The molecule has 0 unspecified atom stereocenters. The normalized spacial score (nSPS) is 12.3. The van der Waals surface area contributed by atoms with Crippen LogP contribution in [-0.4, -0.2) is 34.1 Å². The van der Waals surface area contributed by atoms with Gasteiger partial charge >= 0.3 is 0 Å². The smallest absolute Gasteiger partial charge is 0.261 e. The lowest BCUT2D eigenvalue weighted by molar-refractivity contribution is 0.167. The Bertz CT molecular complexity index is 704. The molecule has 5 heteroatoms. The molecule has 0 spiro atoms. The van der Waals surface area contributed by atoms with Gasteiger partial charge in [-0.3, -0.25) is 9.36 Å². The molecule has 0 aliphatic rings. The molecular weight excluding hydrogens is 274 g/mol. The van der Waals surface area contributed by atoms with Gasteiger partial charge in [0, 0.05) is 17.1 Å². The van der Waals surface area contributed by atoms with E-state index in [9.17, 15) is 4.79 Å². The molecule has 0 aliphatic heterocycles. The molecule has 1 aromatic carbocycles.